The summed E-state index contributed by atoms with van der Waals surface area (Å²) in [5.41, 5.74) is 0. The molecule has 0 radical (unpaired) electrons. The Morgan fingerprint density at radius 3 is 2.88 bits per heavy atom. The van der Waals surface area contributed by atoms with Gasteiger partial charge in [0.2, 0.25) is 5.91 Å². The van der Waals surface area contributed by atoms with Gasteiger partial charge in [-0.25, -0.2) is 8.42 Å². The molecule has 98 valence electrons. The minimum absolute atomic E-state index is 0.0215. The largest absolute Gasteiger partial charge is 0.376 e. The number of carbonyl (C=O) groups excluding carboxylic acids is 1. The molecule has 2 unspecified atom stereocenters. The van der Waals surface area contributed by atoms with E-state index in [9.17, 15) is 13.2 Å². The van der Waals surface area contributed by atoms with Gasteiger partial charge in [0.05, 0.1) is 11.9 Å². The number of amides is 1. The van der Waals surface area contributed by atoms with E-state index in [0.717, 1.165) is 12.8 Å². The van der Waals surface area contributed by atoms with Crippen molar-refractivity contribution in [2.24, 2.45) is 0 Å². The molecule has 1 aliphatic heterocycles. The van der Waals surface area contributed by atoms with Gasteiger partial charge in [0.1, 0.15) is 5.25 Å². The fraction of sp³-hybridized carbons (Fsp3) is 0.727. The Hall–Kier alpha value is -0.880. The van der Waals surface area contributed by atoms with Crippen LogP contribution in [0.15, 0.2) is 12.7 Å². The van der Waals surface area contributed by atoms with Crippen LogP contribution in [0.4, 0.5) is 0 Å². The van der Waals surface area contributed by atoms with E-state index in [4.69, 9.17) is 4.74 Å². The van der Waals surface area contributed by atoms with Crippen LogP contribution in [0.3, 0.4) is 0 Å². The molecule has 1 saturated heterocycles. The van der Waals surface area contributed by atoms with Crippen LogP contribution in [0.25, 0.3) is 0 Å². The fourth-order valence-electron chi connectivity index (χ4n) is 1.64. The molecule has 5 nitrogen and oxygen atoms in total. The van der Waals surface area contributed by atoms with Crippen molar-refractivity contribution in [3.63, 3.8) is 0 Å². The number of carbonyl (C=O) groups is 1. The smallest absolute Gasteiger partial charge is 0.238 e. The third kappa shape index (κ3) is 4.12. The van der Waals surface area contributed by atoms with Gasteiger partial charge >= 0.3 is 0 Å². The van der Waals surface area contributed by atoms with Gasteiger partial charge in [0, 0.05) is 13.2 Å². The number of sulfone groups is 1. The van der Waals surface area contributed by atoms with Crippen molar-refractivity contribution in [3.8, 4) is 0 Å². The van der Waals surface area contributed by atoms with Gasteiger partial charge in [0.25, 0.3) is 0 Å². The van der Waals surface area contributed by atoms with Crippen LogP contribution >= 0.6 is 0 Å². The molecule has 1 N–H and O–H groups in total. The summed E-state index contributed by atoms with van der Waals surface area (Å²) in [7, 11) is -3.43. The Morgan fingerprint density at radius 2 is 2.35 bits per heavy atom. The van der Waals surface area contributed by atoms with Gasteiger partial charge in [-0.2, -0.15) is 0 Å². The molecule has 1 rings (SSSR count). The maximum absolute atomic E-state index is 11.6. The van der Waals surface area contributed by atoms with Crippen molar-refractivity contribution in [3.05, 3.63) is 12.7 Å². The molecule has 2 atom stereocenters. The van der Waals surface area contributed by atoms with Crippen LogP contribution in [-0.4, -0.2) is 44.6 Å². The van der Waals surface area contributed by atoms with Gasteiger partial charge in [-0.15, -0.1) is 6.58 Å². The first-order chi connectivity index (χ1) is 7.97. The van der Waals surface area contributed by atoms with E-state index in [1.807, 2.05) is 0 Å². The third-order valence-electron chi connectivity index (χ3n) is 2.79. The van der Waals surface area contributed by atoms with Crippen molar-refractivity contribution < 1.29 is 17.9 Å². The van der Waals surface area contributed by atoms with Gasteiger partial charge in [-0.1, -0.05) is 6.08 Å². The van der Waals surface area contributed by atoms with Crippen LogP contribution < -0.4 is 5.32 Å². The molecular weight excluding hydrogens is 242 g/mol. The maximum atomic E-state index is 11.6. The standard InChI is InChI=1S/C11H19NO4S/c1-3-7-17(14,15)9(2)11(13)12-8-10-5-4-6-16-10/h3,9-10H,1,4-8H2,2H3,(H,12,13). The molecule has 0 aliphatic carbocycles. The zero-order valence-corrected chi connectivity index (χ0v) is 10.8. The predicted molar refractivity (Wildman–Crippen MR) is 65.4 cm³/mol. The summed E-state index contributed by atoms with van der Waals surface area (Å²) in [6, 6.07) is 0. The van der Waals surface area contributed by atoms with E-state index < -0.39 is 21.0 Å². The molecule has 17 heavy (non-hydrogen) atoms. The number of hydrogen-bond acceptors (Lipinski definition) is 4. The second kappa shape index (κ2) is 6.16. The number of rotatable bonds is 6. The molecular formula is C11H19NO4S. The number of hydrogen-bond donors (Lipinski definition) is 1. The summed E-state index contributed by atoms with van der Waals surface area (Å²) in [4.78, 5) is 11.6. The lowest BCUT2D eigenvalue weighted by molar-refractivity contribution is -0.120. The summed E-state index contributed by atoms with van der Waals surface area (Å²) in [5, 5.41) is 1.57. The zero-order valence-electron chi connectivity index (χ0n) is 10.0. The minimum atomic E-state index is -3.43. The molecule has 0 aromatic heterocycles. The first-order valence-corrected chi connectivity index (χ1v) is 7.40. The van der Waals surface area contributed by atoms with E-state index in [-0.39, 0.29) is 11.9 Å². The van der Waals surface area contributed by atoms with Crippen LogP contribution in [0.5, 0.6) is 0 Å². The molecule has 0 aromatic carbocycles. The highest BCUT2D eigenvalue weighted by Gasteiger charge is 2.27. The molecule has 1 aliphatic rings. The summed E-state index contributed by atoms with van der Waals surface area (Å²) in [6.45, 7) is 5.85. The average Bonchev–Trinajstić information content (AvgIpc) is 2.77. The van der Waals surface area contributed by atoms with Crippen molar-refractivity contribution in [1.29, 1.82) is 0 Å². The highest BCUT2D eigenvalue weighted by Crippen LogP contribution is 2.11. The Kier molecular flexibility index (Phi) is 5.14. The quantitative estimate of drug-likeness (QED) is 0.697. The Balaban J connectivity index is 2.43. The van der Waals surface area contributed by atoms with Crippen molar-refractivity contribution in [2.75, 3.05) is 18.9 Å². The first kappa shape index (κ1) is 14.2. The summed E-state index contributed by atoms with van der Waals surface area (Å²) >= 11 is 0. The topological polar surface area (TPSA) is 72.5 Å². The Bertz CT molecular complexity index is 371. The lowest BCUT2D eigenvalue weighted by Gasteiger charge is -2.14. The summed E-state index contributed by atoms with van der Waals surface area (Å²) in [5.74, 6) is -0.649. The Labute approximate surface area is 102 Å². The summed E-state index contributed by atoms with van der Waals surface area (Å²) in [6.07, 6.45) is 3.21. The lowest BCUT2D eigenvalue weighted by Crippen LogP contribution is -2.41. The molecule has 0 saturated carbocycles. The van der Waals surface area contributed by atoms with Crippen LogP contribution in [0.1, 0.15) is 19.8 Å². The highest BCUT2D eigenvalue weighted by atomic mass is 32.2. The average molecular weight is 261 g/mol. The Morgan fingerprint density at radius 1 is 1.65 bits per heavy atom. The van der Waals surface area contributed by atoms with Gasteiger partial charge in [0.15, 0.2) is 9.84 Å². The SMILES string of the molecule is C=CCS(=O)(=O)C(C)C(=O)NCC1CCCO1. The molecule has 0 bridgehead atoms. The monoisotopic (exact) mass is 261 g/mol. The maximum Gasteiger partial charge on any atom is 0.238 e. The second-order valence-electron chi connectivity index (χ2n) is 4.14. The van der Waals surface area contributed by atoms with Crippen LogP contribution in [0.2, 0.25) is 0 Å². The number of ether oxygens (including phenoxy) is 1. The molecule has 0 aromatic rings. The third-order valence-corrected chi connectivity index (χ3v) is 4.78. The van der Waals surface area contributed by atoms with Gasteiger partial charge < -0.3 is 10.1 Å². The van der Waals surface area contributed by atoms with Gasteiger partial charge in [-0.3, -0.25) is 4.79 Å². The van der Waals surface area contributed by atoms with Crippen molar-refractivity contribution in [2.45, 2.75) is 31.1 Å². The van der Waals surface area contributed by atoms with Crippen molar-refractivity contribution >= 4 is 15.7 Å². The molecule has 6 heteroatoms. The first-order valence-electron chi connectivity index (χ1n) is 5.69. The molecule has 1 heterocycles. The van der Waals surface area contributed by atoms with Crippen LogP contribution in [0, 0.1) is 0 Å². The van der Waals surface area contributed by atoms with Gasteiger partial charge in [-0.05, 0) is 19.8 Å². The predicted octanol–water partition coefficient (Wildman–Crippen LogP) is 0.271. The summed E-state index contributed by atoms with van der Waals surface area (Å²) < 4.78 is 28.5. The molecule has 1 amide bonds. The molecule has 1 fully saturated rings. The van der Waals surface area contributed by atoms with E-state index in [2.05, 4.69) is 11.9 Å². The van der Waals surface area contributed by atoms with E-state index in [1.165, 1.54) is 13.0 Å². The van der Waals surface area contributed by atoms with E-state index >= 15 is 0 Å². The van der Waals surface area contributed by atoms with Crippen molar-refractivity contribution in [1.82, 2.24) is 5.32 Å². The van der Waals surface area contributed by atoms with E-state index in [1.54, 1.807) is 0 Å². The fourth-order valence-corrected chi connectivity index (χ4v) is 2.66. The number of nitrogens with one attached hydrogen (secondary N) is 1. The molecule has 0 spiro atoms. The minimum Gasteiger partial charge on any atom is -0.376 e. The highest BCUT2D eigenvalue weighted by molar-refractivity contribution is 7.92. The zero-order chi connectivity index (χ0) is 12.9. The normalized spacial score (nSPS) is 22.1. The second-order valence-corrected chi connectivity index (χ2v) is 6.51. The van der Waals surface area contributed by atoms with Crippen LogP contribution in [-0.2, 0) is 19.4 Å². The van der Waals surface area contributed by atoms with E-state index in [0.29, 0.717) is 13.2 Å². The lowest BCUT2D eigenvalue weighted by atomic mass is 10.2.